The van der Waals surface area contributed by atoms with Gasteiger partial charge in [-0.1, -0.05) is 5.11 Å². The van der Waals surface area contributed by atoms with Crippen LogP contribution in [0.15, 0.2) is 23.3 Å². The number of carbonyl (C=O) groups is 1. The molecular formula is C12H15FN4O2. The molecule has 0 radical (unpaired) electrons. The van der Waals surface area contributed by atoms with Gasteiger partial charge in [0.2, 0.25) is 0 Å². The van der Waals surface area contributed by atoms with Crippen LogP contribution in [0.1, 0.15) is 23.2 Å². The Labute approximate surface area is 110 Å². The van der Waals surface area contributed by atoms with Gasteiger partial charge in [0.05, 0.1) is 7.11 Å². The van der Waals surface area contributed by atoms with Gasteiger partial charge in [0.15, 0.2) is 11.6 Å². The summed E-state index contributed by atoms with van der Waals surface area (Å²) in [6.45, 7) is 0.858. The Kier molecular flexibility index (Phi) is 6.18. The number of rotatable bonds is 7. The third-order valence-corrected chi connectivity index (χ3v) is 2.45. The highest BCUT2D eigenvalue weighted by molar-refractivity contribution is 5.94. The lowest BCUT2D eigenvalue weighted by atomic mass is 10.2. The normalized spacial score (nSPS) is 9.58. The molecule has 0 heterocycles. The van der Waals surface area contributed by atoms with Crippen molar-refractivity contribution in [2.75, 3.05) is 20.2 Å². The summed E-state index contributed by atoms with van der Waals surface area (Å²) >= 11 is 0. The lowest BCUT2D eigenvalue weighted by molar-refractivity contribution is 0.0952. The number of carbonyl (C=O) groups excluding carboxylic acids is 1. The smallest absolute Gasteiger partial charge is 0.251 e. The summed E-state index contributed by atoms with van der Waals surface area (Å²) in [6.07, 6.45) is 1.39. The number of nitrogens with one attached hydrogen (secondary N) is 1. The molecule has 19 heavy (non-hydrogen) atoms. The van der Waals surface area contributed by atoms with Crippen molar-refractivity contribution in [1.82, 2.24) is 5.32 Å². The number of amides is 1. The van der Waals surface area contributed by atoms with E-state index in [-0.39, 0.29) is 17.2 Å². The number of nitrogens with zero attached hydrogens (tertiary/aromatic N) is 3. The molecule has 6 nitrogen and oxygen atoms in total. The Morgan fingerprint density at radius 2 is 2.32 bits per heavy atom. The summed E-state index contributed by atoms with van der Waals surface area (Å²) in [7, 11) is 1.36. The molecule has 0 unspecified atom stereocenters. The highest BCUT2D eigenvalue weighted by atomic mass is 19.1. The molecule has 0 fully saturated rings. The van der Waals surface area contributed by atoms with Gasteiger partial charge < -0.3 is 10.1 Å². The van der Waals surface area contributed by atoms with Gasteiger partial charge in [-0.05, 0) is 36.6 Å². The van der Waals surface area contributed by atoms with Crippen LogP contribution in [0.3, 0.4) is 0 Å². The Morgan fingerprint density at radius 1 is 1.53 bits per heavy atom. The molecule has 0 aliphatic heterocycles. The van der Waals surface area contributed by atoms with Crippen LogP contribution in [0.5, 0.6) is 5.75 Å². The second-order valence-electron chi connectivity index (χ2n) is 3.77. The van der Waals surface area contributed by atoms with Gasteiger partial charge >= 0.3 is 0 Å². The molecule has 0 saturated heterocycles. The lowest BCUT2D eigenvalue weighted by Crippen LogP contribution is -2.24. The van der Waals surface area contributed by atoms with E-state index in [4.69, 9.17) is 10.3 Å². The van der Waals surface area contributed by atoms with Crippen LogP contribution >= 0.6 is 0 Å². The van der Waals surface area contributed by atoms with Gasteiger partial charge in [-0.2, -0.15) is 0 Å². The van der Waals surface area contributed by atoms with Crippen LogP contribution in [-0.2, 0) is 0 Å². The van der Waals surface area contributed by atoms with Gasteiger partial charge in [0, 0.05) is 23.6 Å². The molecule has 0 aliphatic carbocycles. The molecule has 7 heteroatoms. The maximum Gasteiger partial charge on any atom is 0.251 e. The van der Waals surface area contributed by atoms with Crippen molar-refractivity contribution >= 4 is 5.91 Å². The molecule has 0 saturated carbocycles. The van der Waals surface area contributed by atoms with Crippen LogP contribution in [0.2, 0.25) is 0 Å². The SMILES string of the molecule is COc1ccc(C(=O)NCCCCN=[N+]=[N-])cc1F. The minimum absolute atomic E-state index is 0.103. The third-order valence-electron chi connectivity index (χ3n) is 2.45. The number of hydrogen-bond acceptors (Lipinski definition) is 3. The maximum atomic E-state index is 13.4. The third kappa shape index (κ3) is 4.85. The largest absolute Gasteiger partial charge is 0.494 e. The minimum atomic E-state index is -0.571. The predicted molar refractivity (Wildman–Crippen MR) is 68.5 cm³/mol. The highest BCUT2D eigenvalue weighted by Crippen LogP contribution is 2.17. The number of ether oxygens (including phenoxy) is 1. The first kappa shape index (κ1) is 14.8. The van der Waals surface area contributed by atoms with E-state index in [1.54, 1.807) is 0 Å². The molecule has 0 aromatic heterocycles. The summed E-state index contributed by atoms with van der Waals surface area (Å²) in [5, 5.41) is 6.04. The summed E-state index contributed by atoms with van der Waals surface area (Å²) in [4.78, 5) is 14.3. The monoisotopic (exact) mass is 266 g/mol. The van der Waals surface area contributed by atoms with E-state index in [1.807, 2.05) is 0 Å². The molecule has 0 spiro atoms. The van der Waals surface area contributed by atoms with Crippen molar-refractivity contribution in [2.24, 2.45) is 5.11 Å². The van der Waals surface area contributed by atoms with Crippen LogP contribution in [0.25, 0.3) is 10.4 Å². The average Bonchev–Trinajstić information content (AvgIpc) is 2.42. The Bertz CT molecular complexity index is 487. The summed E-state index contributed by atoms with van der Waals surface area (Å²) in [6, 6.07) is 4.04. The van der Waals surface area contributed by atoms with Gasteiger partial charge in [-0.3, -0.25) is 4.79 Å². The number of benzene rings is 1. The second kappa shape index (κ2) is 7.94. The first-order valence-electron chi connectivity index (χ1n) is 5.81. The zero-order chi connectivity index (χ0) is 14.1. The molecule has 1 rings (SSSR count). The standard InChI is InChI=1S/C12H15FN4O2/c1-19-11-5-4-9(8-10(11)13)12(18)15-6-2-3-7-16-17-14/h4-5,8H,2-3,6-7H2,1H3,(H,15,18). The summed E-state index contributed by atoms with van der Waals surface area (Å²) in [5.41, 5.74) is 8.32. The molecular weight excluding hydrogens is 251 g/mol. The van der Waals surface area contributed by atoms with Crippen LogP contribution in [0.4, 0.5) is 4.39 Å². The van der Waals surface area contributed by atoms with Crippen molar-refractivity contribution in [3.8, 4) is 5.75 Å². The summed E-state index contributed by atoms with van der Waals surface area (Å²) in [5.74, 6) is -0.810. The van der Waals surface area contributed by atoms with Crippen molar-refractivity contribution in [1.29, 1.82) is 0 Å². The first-order chi connectivity index (χ1) is 9.19. The number of hydrogen-bond donors (Lipinski definition) is 1. The zero-order valence-corrected chi connectivity index (χ0v) is 10.6. The van der Waals surface area contributed by atoms with Crippen molar-refractivity contribution in [3.63, 3.8) is 0 Å². The Balaban J connectivity index is 2.41. The van der Waals surface area contributed by atoms with E-state index >= 15 is 0 Å². The molecule has 0 bridgehead atoms. The van der Waals surface area contributed by atoms with Gasteiger partial charge in [-0.25, -0.2) is 4.39 Å². The molecule has 1 aromatic carbocycles. The van der Waals surface area contributed by atoms with Gasteiger partial charge in [0.1, 0.15) is 0 Å². The van der Waals surface area contributed by atoms with Crippen LogP contribution in [0, 0.1) is 5.82 Å². The first-order valence-corrected chi connectivity index (χ1v) is 5.81. The Hall–Kier alpha value is -2.27. The Morgan fingerprint density at radius 3 is 2.95 bits per heavy atom. The number of unbranched alkanes of at least 4 members (excludes halogenated alkanes) is 1. The van der Waals surface area contributed by atoms with E-state index < -0.39 is 5.82 Å². The maximum absolute atomic E-state index is 13.4. The van der Waals surface area contributed by atoms with Crippen LogP contribution in [-0.4, -0.2) is 26.1 Å². The average molecular weight is 266 g/mol. The van der Waals surface area contributed by atoms with E-state index in [1.165, 1.54) is 19.2 Å². The molecule has 0 atom stereocenters. The molecule has 1 aromatic rings. The lowest BCUT2D eigenvalue weighted by Gasteiger charge is -2.06. The summed E-state index contributed by atoms with van der Waals surface area (Å²) < 4.78 is 18.2. The fraction of sp³-hybridized carbons (Fsp3) is 0.417. The van der Waals surface area contributed by atoms with Crippen molar-refractivity contribution in [3.05, 3.63) is 40.0 Å². The van der Waals surface area contributed by atoms with E-state index in [9.17, 15) is 9.18 Å². The fourth-order valence-corrected chi connectivity index (χ4v) is 1.46. The molecule has 1 N–H and O–H groups in total. The van der Waals surface area contributed by atoms with E-state index in [0.29, 0.717) is 25.9 Å². The van der Waals surface area contributed by atoms with E-state index in [2.05, 4.69) is 15.3 Å². The van der Waals surface area contributed by atoms with Crippen molar-refractivity contribution < 1.29 is 13.9 Å². The minimum Gasteiger partial charge on any atom is -0.494 e. The quantitative estimate of drug-likeness (QED) is 0.356. The number of halogens is 1. The second-order valence-corrected chi connectivity index (χ2v) is 3.77. The van der Waals surface area contributed by atoms with E-state index in [0.717, 1.165) is 6.07 Å². The number of methoxy groups -OCH3 is 1. The van der Waals surface area contributed by atoms with Crippen LogP contribution < -0.4 is 10.1 Å². The fourth-order valence-electron chi connectivity index (χ4n) is 1.46. The topological polar surface area (TPSA) is 87.1 Å². The highest BCUT2D eigenvalue weighted by Gasteiger charge is 2.09. The number of azide groups is 1. The predicted octanol–water partition coefficient (Wildman–Crippen LogP) is 2.65. The van der Waals surface area contributed by atoms with Gasteiger partial charge in [0.25, 0.3) is 5.91 Å². The molecule has 0 aliphatic rings. The molecule has 1 amide bonds. The van der Waals surface area contributed by atoms with Crippen molar-refractivity contribution in [2.45, 2.75) is 12.8 Å². The molecule has 102 valence electrons. The van der Waals surface area contributed by atoms with Gasteiger partial charge in [-0.15, -0.1) is 0 Å². The zero-order valence-electron chi connectivity index (χ0n) is 10.6.